The van der Waals surface area contributed by atoms with Gasteiger partial charge in [-0.05, 0) is 41.8 Å². The zero-order chi connectivity index (χ0) is 20.9. The summed E-state index contributed by atoms with van der Waals surface area (Å²) in [6, 6.07) is 9.54. The van der Waals surface area contributed by atoms with E-state index in [1.165, 1.54) is 19.2 Å². The molecule has 0 aliphatic heterocycles. The molecule has 1 amide bonds. The van der Waals surface area contributed by atoms with Gasteiger partial charge in [0.25, 0.3) is 0 Å². The molecular formula is C20H20F3NO4. The molecule has 0 aromatic heterocycles. The van der Waals surface area contributed by atoms with Gasteiger partial charge in [-0.25, -0.2) is 4.79 Å². The molecule has 0 saturated heterocycles. The Hall–Kier alpha value is -3.03. The number of aliphatic carboxylic acids is 1. The zero-order valence-electron chi connectivity index (χ0n) is 15.3. The molecule has 2 aromatic carbocycles. The smallest absolute Gasteiger partial charge is 0.416 e. The molecule has 28 heavy (non-hydrogen) atoms. The molecule has 8 heteroatoms. The van der Waals surface area contributed by atoms with Crippen LogP contribution >= 0.6 is 0 Å². The normalized spacial score (nSPS) is 13.5. The number of hydrogen-bond donors (Lipinski definition) is 2. The van der Waals surface area contributed by atoms with Gasteiger partial charge in [0, 0.05) is 5.92 Å². The van der Waals surface area contributed by atoms with Gasteiger partial charge in [0.2, 0.25) is 5.91 Å². The molecule has 150 valence electrons. The number of ether oxygens (including phenoxy) is 1. The van der Waals surface area contributed by atoms with Crippen LogP contribution in [0.15, 0.2) is 48.5 Å². The number of carbonyl (C=O) groups is 2. The van der Waals surface area contributed by atoms with E-state index >= 15 is 0 Å². The first-order valence-corrected chi connectivity index (χ1v) is 8.45. The molecule has 0 spiro atoms. The third-order valence-corrected chi connectivity index (χ3v) is 4.25. The second-order valence-corrected chi connectivity index (χ2v) is 6.35. The Morgan fingerprint density at radius 2 is 1.64 bits per heavy atom. The quantitative estimate of drug-likeness (QED) is 0.747. The van der Waals surface area contributed by atoms with Crippen LogP contribution in [0.2, 0.25) is 0 Å². The van der Waals surface area contributed by atoms with E-state index in [-0.39, 0.29) is 6.42 Å². The largest absolute Gasteiger partial charge is 0.497 e. The number of hydrogen-bond acceptors (Lipinski definition) is 3. The van der Waals surface area contributed by atoms with Crippen LogP contribution in [0.25, 0.3) is 0 Å². The lowest BCUT2D eigenvalue weighted by molar-refractivity contribution is -0.142. The highest BCUT2D eigenvalue weighted by molar-refractivity contribution is 5.85. The van der Waals surface area contributed by atoms with Gasteiger partial charge in [-0.3, -0.25) is 4.79 Å². The predicted molar refractivity (Wildman–Crippen MR) is 95.8 cm³/mol. The summed E-state index contributed by atoms with van der Waals surface area (Å²) in [7, 11) is 1.48. The molecule has 0 saturated carbocycles. The van der Waals surface area contributed by atoms with Gasteiger partial charge in [0.05, 0.1) is 12.7 Å². The third-order valence-electron chi connectivity index (χ3n) is 4.25. The van der Waals surface area contributed by atoms with Crippen LogP contribution in [0.3, 0.4) is 0 Å². The number of halogens is 3. The van der Waals surface area contributed by atoms with Gasteiger partial charge in [-0.2, -0.15) is 13.2 Å². The monoisotopic (exact) mass is 395 g/mol. The van der Waals surface area contributed by atoms with E-state index < -0.39 is 35.6 Å². The van der Waals surface area contributed by atoms with Crippen LogP contribution < -0.4 is 10.1 Å². The van der Waals surface area contributed by atoms with Crippen molar-refractivity contribution in [1.82, 2.24) is 5.32 Å². The van der Waals surface area contributed by atoms with Crippen molar-refractivity contribution in [1.29, 1.82) is 0 Å². The Labute approximate surface area is 160 Å². The average Bonchev–Trinajstić information content (AvgIpc) is 2.65. The first kappa shape index (κ1) is 21.3. The Bertz CT molecular complexity index is 817. The highest BCUT2D eigenvalue weighted by Crippen LogP contribution is 2.29. The van der Waals surface area contributed by atoms with Crippen molar-refractivity contribution < 1.29 is 32.6 Å². The van der Waals surface area contributed by atoms with E-state index in [0.717, 1.165) is 12.1 Å². The van der Waals surface area contributed by atoms with E-state index in [0.29, 0.717) is 16.9 Å². The summed E-state index contributed by atoms with van der Waals surface area (Å²) in [6.07, 6.45) is -4.24. The number of carboxylic acids is 1. The SMILES string of the molecule is COc1ccc(C(NC(=O)C(C)Cc2ccc(C(F)(F)F)cc2)C(=O)O)cc1. The molecule has 2 atom stereocenters. The van der Waals surface area contributed by atoms with Crippen LogP contribution in [0.5, 0.6) is 5.75 Å². The molecule has 5 nitrogen and oxygen atoms in total. The third kappa shape index (κ3) is 5.48. The molecule has 2 unspecified atom stereocenters. The highest BCUT2D eigenvalue weighted by Gasteiger charge is 2.30. The molecule has 2 rings (SSSR count). The van der Waals surface area contributed by atoms with Crippen molar-refractivity contribution in [3.8, 4) is 5.75 Å². The van der Waals surface area contributed by atoms with Gasteiger partial charge in [0.15, 0.2) is 6.04 Å². The number of carboxylic acid groups (broad SMARTS) is 1. The van der Waals surface area contributed by atoms with Gasteiger partial charge < -0.3 is 15.2 Å². The fourth-order valence-corrected chi connectivity index (χ4v) is 2.64. The first-order valence-electron chi connectivity index (χ1n) is 8.45. The Morgan fingerprint density at radius 1 is 1.07 bits per heavy atom. The second kappa shape index (κ2) is 8.77. The van der Waals surface area contributed by atoms with Crippen molar-refractivity contribution in [3.63, 3.8) is 0 Å². The molecule has 0 aliphatic carbocycles. The lowest BCUT2D eigenvalue weighted by Gasteiger charge is -2.19. The summed E-state index contributed by atoms with van der Waals surface area (Å²) in [6.45, 7) is 1.58. The number of carbonyl (C=O) groups excluding carboxylic acids is 1. The number of methoxy groups -OCH3 is 1. The maximum absolute atomic E-state index is 12.6. The summed E-state index contributed by atoms with van der Waals surface area (Å²) in [5, 5.41) is 11.9. The van der Waals surface area contributed by atoms with Gasteiger partial charge in [-0.1, -0.05) is 31.2 Å². The van der Waals surface area contributed by atoms with Crippen LogP contribution in [0, 0.1) is 5.92 Å². The molecule has 0 radical (unpaired) electrons. The molecule has 0 aliphatic rings. The van der Waals surface area contributed by atoms with Crippen LogP contribution in [-0.2, 0) is 22.2 Å². The minimum absolute atomic E-state index is 0.179. The van der Waals surface area contributed by atoms with E-state index in [1.54, 1.807) is 31.2 Å². The minimum atomic E-state index is -4.42. The fourth-order valence-electron chi connectivity index (χ4n) is 2.64. The number of amides is 1. The topological polar surface area (TPSA) is 75.6 Å². The first-order chi connectivity index (χ1) is 13.1. The Balaban J connectivity index is 2.05. The van der Waals surface area contributed by atoms with Crippen LogP contribution in [-0.4, -0.2) is 24.1 Å². The zero-order valence-corrected chi connectivity index (χ0v) is 15.3. The summed E-state index contributed by atoms with van der Waals surface area (Å²) in [5.74, 6) is -1.81. The maximum atomic E-state index is 12.6. The van der Waals surface area contributed by atoms with Crippen molar-refractivity contribution in [2.75, 3.05) is 7.11 Å². The van der Waals surface area contributed by atoms with E-state index in [1.807, 2.05) is 0 Å². The lowest BCUT2D eigenvalue weighted by atomic mass is 9.98. The average molecular weight is 395 g/mol. The molecule has 2 N–H and O–H groups in total. The fraction of sp³-hybridized carbons (Fsp3) is 0.300. The Morgan fingerprint density at radius 3 is 2.11 bits per heavy atom. The van der Waals surface area contributed by atoms with E-state index in [4.69, 9.17) is 4.74 Å². The standard InChI is InChI=1S/C20H20F3NO4/c1-12(11-13-3-7-15(8-4-13)20(21,22)23)18(25)24-17(19(26)27)14-5-9-16(28-2)10-6-14/h3-10,12,17H,11H2,1-2H3,(H,24,25)(H,26,27). The van der Waals surface area contributed by atoms with E-state index in [9.17, 15) is 27.9 Å². The van der Waals surface area contributed by atoms with E-state index in [2.05, 4.69) is 5.32 Å². The summed E-state index contributed by atoms with van der Waals surface area (Å²) < 4.78 is 42.9. The summed E-state index contributed by atoms with van der Waals surface area (Å²) in [5.41, 5.74) is 0.161. The van der Waals surface area contributed by atoms with Crippen molar-refractivity contribution in [2.45, 2.75) is 25.6 Å². The van der Waals surface area contributed by atoms with Crippen molar-refractivity contribution >= 4 is 11.9 Å². The molecule has 0 bridgehead atoms. The summed E-state index contributed by atoms with van der Waals surface area (Å²) >= 11 is 0. The van der Waals surface area contributed by atoms with Gasteiger partial charge in [0.1, 0.15) is 5.75 Å². The lowest BCUT2D eigenvalue weighted by Crippen LogP contribution is -2.37. The van der Waals surface area contributed by atoms with Crippen molar-refractivity contribution in [3.05, 3.63) is 65.2 Å². The summed E-state index contributed by atoms with van der Waals surface area (Å²) in [4.78, 5) is 24.0. The highest BCUT2D eigenvalue weighted by atomic mass is 19.4. The van der Waals surface area contributed by atoms with Gasteiger partial charge in [-0.15, -0.1) is 0 Å². The Kier molecular flexibility index (Phi) is 6.66. The molecule has 0 heterocycles. The van der Waals surface area contributed by atoms with Crippen molar-refractivity contribution in [2.24, 2.45) is 5.92 Å². The molecular weight excluding hydrogens is 375 g/mol. The number of benzene rings is 2. The van der Waals surface area contributed by atoms with Crippen LogP contribution in [0.4, 0.5) is 13.2 Å². The second-order valence-electron chi connectivity index (χ2n) is 6.35. The predicted octanol–water partition coefficient (Wildman–Crippen LogP) is 3.83. The number of rotatable bonds is 7. The number of alkyl halides is 3. The van der Waals surface area contributed by atoms with Crippen LogP contribution in [0.1, 0.15) is 29.7 Å². The molecule has 2 aromatic rings. The maximum Gasteiger partial charge on any atom is 0.416 e. The number of nitrogens with one attached hydrogen (secondary N) is 1. The minimum Gasteiger partial charge on any atom is -0.497 e. The van der Waals surface area contributed by atoms with Gasteiger partial charge >= 0.3 is 12.1 Å². The molecule has 0 fully saturated rings.